The van der Waals surface area contributed by atoms with Crippen molar-refractivity contribution in [1.29, 1.82) is 0 Å². The Balaban J connectivity index is 1.93. The van der Waals surface area contributed by atoms with E-state index in [-0.39, 0.29) is 11.9 Å². The Labute approximate surface area is 139 Å². The van der Waals surface area contributed by atoms with E-state index in [0.717, 1.165) is 12.8 Å². The predicted octanol–water partition coefficient (Wildman–Crippen LogP) is 4.22. The lowest BCUT2D eigenvalue weighted by Crippen LogP contribution is -2.32. The van der Waals surface area contributed by atoms with Crippen LogP contribution in [0.4, 0.5) is 5.69 Å². The van der Waals surface area contributed by atoms with Crippen molar-refractivity contribution in [2.24, 2.45) is 5.92 Å². The van der Waals surface area contributed by atoms with Gasteiger partial charge in [0.05, 0.1) is 16.6 Å². The van der Waals surface area contributed by atoms with Crippen molar-refractivity contribution in [3.8, 4) is 0 Å². The van der Waals surface area contributed by atoms with Gasteiger partial charge >= 0.3 is 5.97 Å². The van der Waals surface area contributed by atoms with Gasteiger partial charge < -0.3 is 10.1 Å². The number of hydrogen-bond donors (Lipinski definition) is 1. The van der Waals surface area contributed by atoms with E-state index in [1.165, 1.54) is 6.92 Å². The second-order valence-corrected chi connectivity index (χ2v) is 6.02. The third-order valence-corrected chi connectivity index (χ3v) is 4.02. The molecule has 6 heteroatoms. The molecule has 0 saturated heterocycles. The third-order valence-electron chi connectivity index (χ3n) is 3.45. The molecule has 0 radical (unpaired) electrons. The number of ether oxygens (including phenoxy) is 1. The number of hydrogen-bond acceptors (Lipinski definition) is 3. The summed E-state index contributed by atoms with van der Waals surface area (Å²) >= 11 is 11.8. The maximum Gasteiger partial charge on any atom is 0.310 e. The number of halogens is 2. The van der Waals surface area contributed by atoms with Gasteiger partial charge in [-0.15, -0.1) is 0 Å². The molecule has 4 nitrogen and oxygen atoms in total. The summed E-state index contributed by atoms with van der Waals surface area (Å²) < 4.78 is 5.23. The summed E-state index contributed by atoms with van der Waals surface area (Å²) in [5, 5.41) is 3.44. The molecule has 0 bridgehead atoms. The summed E-state index contributed by atoms with van der Waals surface area (Å²) in [6, 6.07) is 4.76. The molecule has 1 amide bonds. The molecule has 1 aromatic rings. The van der Waals surface area contributed by atoms with Crippen LogP contribution >= 0.6 is 23.2 Å². The number of rotatable bonds is 4. The molecule has 1 aliphatic carbocycles. The SMILES string of the molecule is CC(OC(=O)C1CC=CCC1)C(=O)Nc1cc(Cl)ccc1Cl. The van der Waals surface area contributed by atoms with Crippen molar-refractivity contribution < 1.29 is 14.3 Å². The number of amides is 1. The van der Waals surface area contributed by atoms with Crippen LogP contribution in [-0.4, -0.2) is 18.0 Å². The fourth-order valence-corrected chi connectivity index (χ4v) is 2.50. The fourth-order valence-electron chi connectivity index (χ4n) is 2.16. The maximum atomic E-state index is 12.1. The van der Waals surface area contributed by atoms with Crippen molar-refractivity contribution in [3.63, 3.8) is 0 Å². The van der Waals surface area contributed by atoms with Gasteiger partial charge in [0.1, 0.15) is 0 Å². The number of carbonyl (C=O) groups excluding carboxylic acids is 2. The van der Waals surface area contributed by atoms with Gasteiger partial charge in [0, 0.05) is 5.02 Å². The van der Waals surface area contributed by atoms with Crippen LogP contribution in [0.3, 0.4) is 0 Å². The van der Waals surface area contributed by atoms with Gasteiger partial charge in [-0.3, -0.25) is 9.59 Å². The zero-order valence-electron chi connectivity index (χ0n) is 12.1. The van der Waals surface area contributed by atoms with Gasteiger partial charge in [-0.1, -0.05) is 35.4 Å². The normalized spacial score (nSPS) is 18.6. The van der Waals surface area contributed by atoms with Gasteiger partial charge in [-0.05, 0) is 44.4 Å². The van der Waals surface area contributed by atoms with E-state index in [0.29, 0.717) is 22.2 Å². The molecule has 2 rings (SSSR count). The number of carbonyl (C=O) groups is 2. The average molecular weight is 342 g/mol. The van der Waals surface area contributed by atoms with Crippen molar-refractivity contribution in [3.05, 3.63) is 40.4 Å². The first-order valence-corrected chi connectivity index (χ1v) is 7.84. The van der Waals surface area contributed by atoms with Crippen LogP contribution in [0.25, 0.3) is 0 Å². The van der Waals surface area contributed by atoms with E-state index in [9.17, 15) is 9.59 Å². The predicted molar refractivity (Wildman–Crippen MR) is 87.1 cm³/mol. The molecule has 0 spiro atoms. The molecular formula is C16H17Cl2NO3. The first kappa shape index (κ1) is 16.8. The summed E-state index contributed by atoms with van der Waals surface area (Å²) in [6.45, 7) is 1.53. The molecule has 0 aromatic heterocycles. The topological polar surface area (TPSA) is 55.4 Å². The molecule has 1 aromatic carbocycles. The highest BCUT2D eigenvalue weighted by Crippen LogP contribution is 2.26. The first-order valence-electron chi connectivity index (χ1n) is 7.09. The minimum atomic E-state index is -0.895. The van der Waals surface area contributed by atoms with Crippen LogP contribution in [0.2, 0.25) is 10.0 Å². The molecule has 0 saturated carbocycles. The van der Waals surface area contributed by atoms with E-state index in [4.69, 9.17) is 27.9 Å². The van der Waals surface area contributed by atoms with Crippen LogP contribution in [-0.2, 0) is 14.3 Å². The third kappa shape index (κ3) is 4.49. The van der Waals surface area contributed by atoms with Crippen LogP contribution in [0.1, 0.15) is 26.2 Å². The highest BCUT2D eigenvalue weighted by atomic mass is 35.5. The highest BCUT2D eigenvalue weighted by Gasteiger charge is 2.25. The van der Waals surface area contributed by atoms with Crippen molar-refractivity contribution in [2.45, 2.75) is 32.3 Å². The maximum absolute atomic E-state index is 12.1. The lowest BCUT2D eigenvalue weighted by atomic mass is 9.95. The Morgan fingerprint density at radius 3 is 2.77 bits per heavy atom. The summed E-state index contributed by atoms with van der Waals surface area (Å²) in [6.07, 6.45) is 5.39. The number of benzene rings is 1. The molecule has 0 heterocycles. The molecule has 1 aliphatic rings. The zero-order chi connectivity index (χ0) is 16.1. The first-order chi connectivity index (χ1) is 10.5. The van der Waals surface area contributed by atoms with Crippen LogP contribution in [0, 0.1) is 5.92 Å². The molecule has 2 unspecified atom stereocenters. The molecule has 0 fully saturated rings. The Morgan fingerprint density at radius 1 is 1.32 bits per heavy atom. The number of anilines is 1. The summed E-state index contributed by atoms with van der Waals surface area (Å²) in [5.74, 6) is -0.955. The van der Waals surface area contributed by atoms with E-state index in [1.807, 2.05) is 12.2 Å². The van der Waals surface area contributed by atoms with Crippen molar-refractivity contribution >= 4 is 40.8 Å². The minimum Gasteiger partial charge on any atom is -0.452 e. The number of allylic oxidation sites excluding steroid dienone is 2. The summed E-state index contributed by atoms with van der Waals surface area (Å²) in [7, 11) is 0. The fraction of sp³-hybridized carbons (Fsp3) is 0.375. The van der Waals surface area contributed by atoms with Gasteiger partial charge in [-0.25, -0.2) is 0 Å². The molecule has 1 N–H and O–H groups in total. The number of esters is 1. The van der Waals surface area contributed by atoms with Crippen LogP contribution in [0.5, 0.6) is 0 Å². The van der Waals surface area contributed by atoms with Gasteiger partial charge in [0.2, 0.25) is 0 Å². The van der Waals surface area contributed by atoms with E-state index < -0.39 is 12.0 Å². The Kier molecular flexibility index (Phi) is 5.86. The molecule has 2 atom stereocenters. The van der Waals surface area contributed by atoms with Gasteiger partial charge in [-0.2, -0.15) is 0 Å². The number of nitrogens with one attached hydrogen (secondary N) is 1. The highest BCUT2D eigenvalue weighted by molar-refractivity contribution is 6.35. The lowest BCUT2D eigenvalue weighted by Gasteiger charge is -2.20. The Morgan fingerprint density at radius 2 is 2.09 bits per heavy atom. The van der Waals surface area contributed by atoms with Crippen molar-refractivity contribution in [1.82, 2.24) is 0 Å². The molecule has 0 aliphatic heterocycles. The van der Waals surface area contributed by atoms with Gasteiger partial charge in [0.25, 0.3) is 5.91 Å². The van der Waals surface area contributed by atoms with Crippen LogP contribution in [0.15, 0.2) is 30.4 Å². The average Bonchev–Trinajstić information content (AvgIpc) is 2.51. The molecule has 22 heavy (non-hydrogen) atoms. The molecular weight excluding hydrogens is 325 g/mol. The lowest BCUT2D eigenvalue weighted by molar-refractivity contribution is -0.157. The quantitative estimate of drug-likeness (QED) is 0.658. The smallest absolute Gasteiger partial charge is 0.310 e. The minimum absolute atomic E-state index is 0.171. The summed E-state index contributed by atoms with van der Waals surface area (Å²) in [4.78, 5) is 24.1. The van der Waals surface area contributed by atoms with E-state index >= 15 is 0 Å². The van der Waals surface area contributed by atoms with Gasteiger partial charge in [0.15, 0.2) is 6.10 Å². The van der Waals surface area contributed by atoms with E-state index in [2.05, 4.69) is 5.32 Å². The molecule has 118 valence electrons. The van der Waals surface area contributed by atoms with Crippen LogP contribution < -0.4 is 5.32 Å². The van der Waals surface area contributed by atoms with Crippen molar-refractivity contribution in [2.75, 3.05) is 5.32 Å². The second-order valence-electron chi connectivity index (χ2n) is 5.17. The Bertz CT molecular complexity index is 601. The monoisotopic (exact) mass is 341 g/mol. The zero-order valence-corrected chi connectivity index (χ0v) is 13.7. The standard InChI is InChI=1S/C16H17Cl2NO3/c1-10(22-16(21)11-5-3-2-4-6-11)15(20)19-14-9-12(17)7-8-13(14)18/h2-3,7-11H,4-6H2,1H3,(H,19,20). The summed E-state index contributed by atoms with van der Waals surface area (Å²) in [5.41, 5.74) is 0.391. The largest absolute Gasteiger partial charge is 0.452 e. The van der Waals surface area contributed by atoms with E-state index in [1.54, 1.807) is 18.2 Å². The second kappa shape index (κ2) is 7.65. The Hall–Kier alpha value is -1.52.